The van der Waals surface area contributed by atoms with Gasteiger partial charge in [-0.05, 0) is 19.3 Å². The van der Waals surface area contributed by atoms with Crippen molar-refractivity contribution in [3.8, 4) is 0 Å². The highest BCUT2D eigenvalue weighted by molar-refractivity contribution is 5.75. The molecule has 0 aliphatic carbocycles. The van der Waals surface area contributed by atoms with Crippen LogP contribution in [0.1, 0.15) is 32.1 Å². The zero-order chi connectivity index (χ0) is 11.7. The van der Waals surface area contributed by atoms with Gasteiger partial charge in [0.15, 0.2) is 0 Å². The quantitative estimate of drug-likeness (QED) is 0.254. The van der Waals surface area contributed by atoms with Gasteiger partial charge in [-0.3, -0.25) is 4.79 Å². The van der Waals surface area contributed by atoms with E-state index in [0.717, 1.165) is 19.3 Å². The molecule has 0 aliphatic heterocycles. The molecular formula is C10H22N4O. The first-order valence-electron chi connectivity index (χ1n) is 5.20. The molecule has 88 valence electrons. The molecule has 0 unspecified atom stereocenters. The highest BCUT2D eigenvalue weighted by Crippen LogP contribution is 2.05. The molecule has 0 saturated heterocycles. The monoisotopic (exact) mass is 214 g/mol. The van der Waals surface area contributed by atoms with Crippen LogP contribution in [0.15, 0.2) is 12.7 Å². The Morgan fingerprint density at radius 2 is 1.93 bits per heavy atom. The minimum Gasteiger partial charge on any atom is -0.353 e. The van der Waals surface area contributed by atoms with E-state index in [4.69, 9.17) is 17.2 Å². The molecule has 0 heterocycles. The fourth-order valence-corrected chi connectivity index (χ4v) is 1.17. The van der Waals surface area contributed by atoms with E-state index in [1.807, 2.05) is 0 Å². The van der Waals surface area contributed by atoms with Crippen LogP contribution in [-0.2, 0) is 4.79 Å². The van der Waals surface area contributed by atoms with E-state index in [9.17, 15) is 4.79 Å². The Labute approximate surface area is 91.1 Å². The Morgan fingerprint density at radius 1 is 1.27 bits per heavy atom. The van der Waals surface area contributed by atoms with Crippen LogP contribution in [0.25, 0.3) is 0 Å². The first kappa shape index (κ1) is 14.1. The second-order valence-corrected chi connectivity index (χ2v) is 3.77. The second-order valence-electron chi connectivity index (χ2n) is 3.77. The summed E-state index contributed by atoms with van der Waals surface area (Å²) in [4.78, 5) is 11.1. The number of hydrogen-bond donors (Lipinski definition) is 4. The zero-order valence-corrected chi connectivity index (χ0v) is 9.17. The van der Waals surface area contributed by atoms with Crippen molar-refractivity contribution in [2.45, 2.75) is 37.9 Å². The van der Waals surface area contributed by atoms with Gasteiger partial charge in [-0.25, -0.2) is 0 Å². The molecule has 0 saturated carbocycles. The van der Waals surface area contributed by atoms with E-state index in [-0.39, 0.29) is 5.91 Å². The van der Waals surface area contributed by atoms with Gasteiger partial charge >= 0.3 is 0 Å². The highest BCUT2D eigenvalue weighted by atomic mass is 16.1. The SMILES string of the molecule is C=CCNC(=O)CCCCCC(N)(N)N. The number of nitrogens with two attached hydrogens (primary N) is 3. The summed E-state index contributed by atoms with van der Waals surface area (Å²) in [5.74, 6) is -1.03. The Hall–Kier alpha value is -0.910. The number of nitrogens with one attached hydrogen (secondary N) is 1. The summed E-state index contributed by atoms with van der Waals surface area (Å²) in [6.07, 6.45) is 5.34. The van der Waals surface area contributed by atoms with Crippen LogP contribution in [-0.4, -0.2) is 18.2 Å². The molecule has 15 heavy (non-hydrogen) atoms. The van der Waals surface area contributed by atoms with Gasteiger partial charge in [0.1, 0.15) is 5.79 Å². The summed E-state index contributed by atoms with van der Waals surface area (Å²) in [6, 6.07) is 0. The van der Waals surface area contributed by atoms with Crippen LogP contribution in [0, 0.1) is 0 Å². The predicted octanol–water partition coefficient (Wildman–Crippen LogP) is -0.231. The van der Waals surface area contributed by atoms with E-state index in [2.05, 4.69) is 11.9 Å². The molecule has 0 aliphatic rings. The lowest BCUT2D eigenvalue weighted by Crippen LogP contribution is -2.57. The van der Waals surface area contributed by atoms with E-state index < -0.39 is 5.79 Å². The smallest absolute Gasteiger partial charge is 0.220 e. The summed E-state index contributed by atoms with van der Waals surface area (Å²) < 4.78 is 0. The van der Waals surface area contributed by atoms with Gasteiger partial charge < -0.3 is 22.5 Å². The number of carbonyl (C=O) groups is 1. The second kappa shape index (κ2) is 7.39. The lowest BCUT2D eigenvalue weighted by molar-refractivity contribution is -0.121. The molecule has 5 nitrogen and oxygen atoms in total. The molecule has 0 spiro atoms. The van der Waals surface area contributed by atoms with Crippen molar-refractivity contribution in [3.63, 3.8) is 0 Å². The third kappa shape index (κ3) is 11.0. The van der Waals surface area contributed by atoms with Crippen LogP contribution >= 0.6 is 0 Å². The van der Waals surface area contributed by atoms with Crippen molar-refractivity contribution in [2.24, 2.45) is 17.2 Å². The van der Waals surface area contributed by atoms with Gasteiger partial charge in [0.25, 0.3) is 0 Å². The predicted molar refractivity (Wildman–Crippen MR) is 61.6 cm³/mol. The fraction of sp³-hybridized carbons (Fsp3) is 0.700. The summed E-state index contributed by atoms with van der Waals surface area (Å²) >= 11 is 0. The van der Waals surface area contributed by atoms with Crippen molar-refractivity contribution < 1.29 is 4.79 Å². The molecule has 0 aromatic rings. The van der Waals surface area contributed by atoms with Crippen molar-refractivity contribution >= 4 is 5.91 Å². The van der Waals surface area contributed by atoms with Gasteiger partial charge in [-0.15, -0.1) is 6.58 Å². The van der Waals surface area contributed by atoms with Gasteiger partial charge in [0, 0.05) is 13.0 Å². The third-order valence-electron chi connectivity index (χ3n) is 1.96. The highest BCUT2D eigenvalue weighted by Gasteiger charge is 2.10. The van der Waals surface area contributed by atoms with E-state index in [1.165, 1.54) is 0 Å². The number of unbranched alkanes of at least 4 members (excludes halogenated alkanes) is 2. The minimum absolute atomic E-state index is 0.0504. The molecule has 7 N–H and O–H groups in total. The Balaban J connectivity index is 3.31. The molecule has 0 radical (unpaired) electrons. The van der Waals surface area contributed by atoms with Crippen molar-refractivity contribution in [3.05, 3.63) is 12.7 Å². The van der Waals surface area contributed by atoms with E-state index >= 15 is 0 Å². The average molecular weight is 214 g/mol. The zero-order valence-electron chi connectivity index (χ0n) is 9.17. The van der Waals surface area contributed by atoms with Crippen LogP contribution in [0.3, 0.4) is 0 Å². The molecule has 5 heteroatoms. The van der Waals surface area contributed by atoms with Gasteiger partial charge in [0.05, 0.1) is 0 Å². The van der Waals surface area contributed by atoms with Gasteiger partial charge in [0.2, 0.25) is 5.91 Å². The molecule has 0 bridgehead atoms. The normalized spacial score (nSPS) is 11.1. The van der Waals surface area contributed by atoms with Crippen LogP contribution in [0.2, 0.25) is 0 Å². The summed E-state index contributed by atoms with van der Waals surface area (Å²) in [5, 5.41) is 2.71. The topological polar surface area (TPSA) is 107 Å². The largest absolute Gasteiger partial charge is 0.353 e. The van der Waals surface area contributed by atoms with Crippen molar-refractivity contribution in [1.29, 1.82) is 0 Å². The molecule has 0 rings (SSSR count). The van der Waals surface area contributed by atoms with Crippen molar-refractivity contribution in [2.75, 3.05) is 6.54 Å². The summed E-state index contributed by atoms with van der Waals surface area (Å²) in [7, 11) is 0. The molecule has 0 aromatic carbocycles. The first-order valence-corrected chi connectivity index (χ1v) is 5.20. The Kier molecular flexibility index (Phi) is 6.94. The molecule has 0 atom stereocenters. The molecule has 0 fully saturated rings. The van der Waals surface area contributed by atoms with Crippen LogP contribution in [0.4, 0.5) is 0 Å². The third-order valence-corrected chi connectivity index (χ3v) is 1.96. The van der Waals surface area contributed by atoms with Crippen molar-refractivity contribution in [1.82, 2.24) is 5.32 Å². The molecule has 1 amide bonds. The Morgan fingerprint density at radius 3 is 2.47 bits per heavy atom. The lowest BCUT2D eigenvalue weighted by atomic mass is 10.1. The van der Waals surface area contributed by atoms with Gasteiger partial charge in [-0.1, -0.05) is 12.5 Å². The average Bonchev–Trinajstić information content (AvgIpc) is 2.12. The minimum atomic E-state index is -1.08. The standard InChI is InChI=1S/C10H22N4O/c1-2-8-14-9(15)6-4-3-5-7-10(11,12)13/h2H,1,3-8,11-13H2,(H,14,15). The first-order chi connectivity index (χ1) is 6.95. The summed E-state index contributed by atoms with van der Waals surface area (Å²) in [6.45, 7) is 4.04. The maximum atomic E-state index is 11.1. The number of carbonyl (C=O) groups excluding carboxylic acids is 1. The van der Waals surface area contributed by atoms with Crippen LogP contribution < -0.4 is 22.5 Å². The molecular weight excluding hydrogens is 192 g/mol. The number of hydrogen-bond acceptors (Lipinski definition) is 4. The Bertz CT molecular complexity index is 198. The maximum Gasteiger partial charge on any atom is 0.220 e. The van der Waals surface area contributed by atoms with Crippen LogP contribution in [0.5, 0.6) is 0 Å². The van der Waals surface area contributed by atoms with E-state index in [1.54, 1.807) is 6.08 Å². The lowest BCUT2D eigenvalue weighted by Gasteiger charge is -2.17. The number of amides is 1. The van der Waals surface area contributed by atoms with Gasteiger partial charge in [-0.2, -0.15) is 0 Å². The fourth-order valence-electron chi connectivity index (χ4n) is 1.17. The maximum absolute atomic E-state index is 11.1. The molecule has 0 aromatic heterocycles. The van der Waals surface area contributed by atoms with E-state index in [0.29, 0.717) is 19.4 Å². The number of rotatable bonds is 8. The summed E-state index contributed by atoms with van der Waals surface area (Å²) in [5.41, 5.74) is 16.2.